The van der Waals surface area contributed by atoms with Gasteiger partial charge in [-0.15, -0.1) is 5.10 Å². The molecule has 0 fully saturated rings. The molecule has 6 nitrogen and oxygen atoms in total. The lowest BCUT2D eigenvalue weighted by molar-refractivity contribution is 0.555. The van der Waals surface area contributed by atoms with Gasteiger partial charge in [0.1, 0.15) is 0 Å². The molecule has 1 rings (SSSR count). The Hall–Kier alpha value is 0.01000. The van der Waals surface area contributed by atoms with E-state index in [4.69, 9.17) is 0 Å². The van der Waals surface area contributed by atoms with Crippen molar-refractivity contribution in [3.8, 4) is 0 Å². The van der Waals surface area contributed by atoms with E-state index in [1.54, 1.807) is 7.05 Å². The molecule has 0 amide bonds. The normalized spacial score (nSPS) is 11.9. The van der Waals surface area contributed by atoms with E-state index in [0.29, 0.717) is 6.54 Å². The van der Waals surface area contributed by atoms with Crippen LogP contribution in [0, 0.1) is 0 Å². The fourth-order valence-electron chi connectivity index (χ4n) is 1.46. The first-order chi connectivity index (χ1) is 8.49. The van der Waals surface area contributed by atoms with Crippen LogP contribution in [0.4, 0.5) is 0 Å². The van der Waals surface area contributed by atoms with Gasteiger partial charge in [-0.3, -0.25) is 0 Å². The van der Waals surface area contributed by atoms with Crippen LogP contribution in [-0.2, 0) is 17.1 Å². The van der Waals surface area contributed by atoms with Gasteiger partial charge in [0.05, 0.1) is 0 Å². The van der Waals surface area contributed by atoms with Crippen molar-refractivity contribution >= 4 is 41.9 Å². The maximum Gasteiger partial charge on any atom is 0.260 e. The molecule has 0 aliphatic carbocycles. The summed E-state index contributed by atoms with van der Waals surface area (Å²) in [6.07, 6.45) is 4.06. The molecular weight excluding hydrogens is 388 g/mol. The Morgan fingerprint density at radius 1 is 1.28 bits per heavy atom. The number of hydrogen-bond acceptors (Lipinski definition) is 4. The first-order valence-electron chi connectivity index (χ1n) is 5.60. The van der Waals surface area contributed by atoms with Crippen LogP contribution in [0.25, 0.3) is 0 Å². The summed E-state index contributed by atoms with van der Waals surface area (Å²) < 4.78 is 28.0. The molecule has 18 heavy (non-hydrogen) atoms. The van der Waals surface area contributed by atoms with Gasteiger partial charge < -0.3 is 0 Å². The van der Waals surface area contributed by atoms with E-state index >= 15 is 0 Å². The molecule has 1 aromatic heterocycles. The van der Waals surface area contributed by atoms with Crippen molar-refractivity contribution in [2.45, 2.75) is 30.7 Å². The molecule has 1 heterocycles. The Balaban J connectivity index is 2.46. The predicted octanol–water partition coefficient (Wildman–Crippen LogP) is 1.81. The number of halogens is 2. The number of rotatable bonds is 8. The first kappa shape index (κ1) is 16.1. The first-order valence-corrected chi connectivity index (χ1v) is 8.99. The SMILES string of the molecule is Cn1nnc(Br)c1S(=O)(=O)NCCCCCCBr. The number of aromatic nitrogens is 3. The minimum atomic E-state index is -3.54. The molecular formula is C9H16Br2N4O2S. The Morgan fingerprint density at radius 3 is 2.50 bits per heavy atom. The third-order valence-corrected chi connectivity index (χ3v) is 5.25. The highest BCUT2D eigenvalue weighted by molar-refractivity contribution is 9.10. The van der Waals surface area contributed by atoms with Gasteiger partial charge in [-0.25, -0.2) is 17.8 Å². The molecule has 1 N–H and O–H groups in total. The highest BCUT2D eigenvalue weighted by Gasteiger charge is 2.22. The molecule has 0 aliphatic heterocycles. The number of hydrogen-bond donors (Lipinski definition) is 1. The van der Waals surface area contributed by atoms with Crippen molar-refractivity contribution in [3.63, 3.8) is 0 Å². The zero-order chi connectivity index (χ0) is 13.6. The standard InChI is InChI=1S/C9H16Br2N4O2S/c1-15-9(8(11)13-14-15)18(16,17)12-7-5-3-2-4-6-10/h12H,2-7H2,1H3. The molecule has 1 aromatic rings. The molecule has 9 heteroatoms. The summed E-state index contributed by atoms with van der Waals surface area (Å²) in [7, 11) is -2.00. The van der Waals surface area contributed by atoms with Gasteiger partial charge in [0.25, 0.3) is 10.0 Å². The lowest BCUT2D eigenvalue weighted by atomic mass is 10.2. The third kappa shape index (κ3) is 4.60. The Bertz CT molecular complexity index is 455. The van der Waals surface area contributed by atoms with E-state index < -0.39 is 10.0 Å². The number of unbranched alkanes of at least 4 members (excludes halogenated alkanes) is 3. The van der Waals surface area contributed by atoms with E-state index in [2.05, 4.69) is 46.9 Å². The Labute approximate surface area is 124 Å². The van der Waals surface area contributed by atoms with E-state index in [1.807, 2.05) is 0 Å². The van der Waals surface area contributed by atoms with E-state index in [-0.39, 0.29) is 9.63 Å². The summed E-state index contributed by atoms with van der Waals surface area (Å²) in [5, 5.41) is 8.35. The van der Waals surface area contributed by atoms with Crippen molar-refractivity contribution in [2.24, 2.45) is 7.05 Å². The smallest absolute Gasteiger partial charge is 0.235 e. The van der Waals surface area contributed by atoms with Crippen molar-refractivity contribution in [3.05, 3.63) is 4.60 Å². The van der Waals surface area contributed by atoms with Gasteiger partial charge in [-0.1, -0.05) is 34.0 Å². The summed E-state index contributed by atoms with van der Waals surface area (Å²) in [5.41, 5.74) is 0. The molecule has 104 valence electrons. The summed E-state index contributed by atoms with van der Waals surface area (Å²) in [6.45, 7) is 0.433. The van der Waals surface area contributed by atoms with Crippen LogP contribution in [0.15, 0.2) is 9.63 Å². The zero-order valence-corrected chi connectivity index (χ0v) is 14.1. The second-order valence-electron chi connectivity index (χ2n) is 3.81. The van der Waals surface area contributed by atoms with Gasteiger partial charge in [-0.2, -0.15) is 0 Å². The number of aryl methyl sites for hydroxylation is 1. The molecule has 0 atom stereocenters. The Morgan fingerprint density at radius 2 is 1.94 bits per heavy atom. The van der Waals surface area contributed by atoms with Gasteiger partial charge in [0.15, 0.2) is 4.60 Å². The molecule has 0 bridgehead atoms. The van der Waals surface area contributed by atoms with Crippen LogP contribution in [0.3, 0.4) is 0 Å². The maximum atomic E-state index is 12.0. The minimum absolute atomic E-state index is 0.0583. The summed E-state index contributed by atoms with van der Waals surface area (Å²) in [4.78, 5) is 0. The fourth-order valence-corrected chi connectivity index (χ4v) is 4.02. The fraction of sp³-hybridized carbons (Fsp3) is 0.778. The highest BCUT2D eigenvalue weighted by Crippen LogP contribution is 2.17. The molecule has 0 aromatic carbocycles. The van der Waals surface area contributed by atoms with Crippen LogP contribution in [0.5, 0.6) is 0 Å². The van der Waals surface area contributed by atoms with Crippen molar-refractivity contribution in [1.82, 2.24) is 19.7 Å². The topological polar surface area (TPSA) is 76.9 Å². The average molecular weight is 404 g/mol. The monoisotopic (exact) mass is 402 g/mol. The van der Waals surface area contributed by atoms with Crippen LogP contribution >= 0.6 is 31.9 Å². The van der Waals surface area contributed by atoms with Crippen LogP contribution in [0.1, 0.15) is 25.7 Å². The second kappa shape index (κ2) is 7.56. The maximum absolute atomic E-state index is 12.0. The average Bonchev–Trinajstić information content (AvgIpc) is 2.64. The number of nitrogens with zero attached hydrogens (tertiary/aromatic N) is 3. The van der Waals surface area contributed by atoms with E-state index in [1.165, 1.54) is 4.68 Å². The minimum Gasteiger partial charge on any atom is -0.235 e. The molecule has 0 aliphatic rings. The number of sulfonamides is 1. The van der Waals surface area contributed by atoms with Crippen molar-refractivity contribution in [2.75, 3.05) is 11.9 Å². The molecule has 0 radical (unpaired) electrons. The summed E-state index contributed by atoms with van der Waals surface area (Å²) >= 11 is 6.44. The van der Waals surface area contributed by atoms with Crippen molar-refractivity contribution in [1.29, 1.82) is 0 Å². The molecule has 0 unspecified atom stereocenters. The summed E-state index contributed by atoms with van der Waals surface area (Å²) in [5.74, 6) is 0. The van der Waals surface area contributed by atoms with Crippen molar-refractivity contribution < 1.29 is 8.42 Å². The van der Waals surface area contributed by atoms with Crippen LogP contribution < -0.4 is 4.72 Å². The van der Waals surface area contributed by atoms with E-state index in [0.717, 1.165) is 31.0 Å². The lowest BCUT2D eigenvalue weighted by Crippen LogP contribution is -2.27. The Kier molecular flexibility index (Phi) is 6.75. The second-order valence-corrected chi connectivity index (χ2v) is 7.04. The molecule has 0 spiro atoms. The molecule has 0 saturated heterocycles. The van der Waals surface area contributed by atoms with E-state index in [9.17, 15) is 8.42 Å². The number of alkyl halides is 1. The quantitative estimate of drug-likeness (QED) is 0.530. The number of nitrogens with one attached hydrogen (secondary N) is 1. The van der Waals surface area contributed by atoms with Crippen LogP contribution in [0.2, 0.25) is 0 Å². The molecule has 0 saturated carbocycles. The lowest BCUT2D eigenvalue weighted by Gasteiger charge is -2.06. The van der Waals surface area contributed by atoms with Gasteiger partial charge >= 0.3 is 0 Å². The predicted molar refractivity (Wildman–Crippen MR) is 76.2 cm³/mol. The zero-order valence-electron chi connectivity index (χ0n) is 10.1. The third-order valence-electron chi connectivity index (χ3n) is 2.34. The van der Waals surface area contributed by atoms with Gasteiger partial charge in [0, 0.05) is 18.9 Å². The van der Waals surface area contributed by atoms with Gasteiger partial charge in [0.2, 0.25) is 5.03 Å². The summed E-state index contributed by atoms with van der Waals surface area (Å²) in [6, 6.07) is 0. The van der Waals surface area contributed by atoms with Crippen LogP contribution in [-0.4, -0.2) is 35.3 Å². The largest absolute Gasteiger partial charge is 0.260 e. The van der Waals surface area contributed by atoms with Gasteiger partial charge in [-0.05, 0) is 28.8 Å². The highest BCUT2D eigenvalue weighted by atomic mass is 79.9.